The Balaban J connectivity index is 1.60. The third-order valence-electron chi connectivity index (χ3n) is 3.99. The first-order valence-electron chi connectivity index (χ1n) is 8.24. The molecule has 1 aromatic heterocycles. The molecule has 8 heteroatoms. The van der Waals surface area contributed by atoms with E-state index in [1.807, 2.05) is 0 Å². The third kappa shape index (κ3) is 4.47. The van der Waals surface area contributed by atoms with Crippen LogP contribution in [0.25, 0.3) is 17.4 Å². The number of carbonyl (C=O) groups is 1. The summed E-state index contributed by atoms with van der Waals surface area (Å²) < 4.78 is 23.4. The first-order chi connectivity index (χ1) is 13.4. The molecule has 0 saturated heterocycles. The standard InChI is InChI=1S/C20H15FN2O5/c1-13-18(22-28-20(13)15-5-7-16(21)8-6-15)12-27-19(24)11-4-14-2-9-17(10-3-14)23(25)26/h2-11H,12H2,1H3/b11-4+. The van der Waals surface area contributed by atoms with E-state index in [4.69, 9.17) is 9.26 Å². The van der Waals surface area contributed by atoms with Crippen molar-refractivity contribution >= 4 is 17.7 Å². The molecule has 0 aliphatic carbocycles. The molecule has 0 amide bonds. The number of hydrogen-bond acceptors (Lipinski definition) is 6. The van der Waals surface area contributed by atoms with E-state index in [9.17, 15) is 19.3 Å². The van der Waals surface area contributed by atoms with Gasteiger partial charge in [-0.05, 0) is 55.0 Å². The van der Waals surface area contributed by atoms with Gasteiger partial charge in [-0.3, -0.25) is 10.1 Å². The Labute approximate surface area is 159 Å². The van der Waals surface area contributed by atoms with Crippen LogP contribution in [0.15, 0.2) is 59.1 Å². The van der Waals surface area contributed by atoms with Gasteiger partial charge in [0, 0.05) is 29.3 Å². The number of rotatable bonds is 6. The molecule has 0 bridgehead atoms. The van der Waals surface area contributed by atoms with E-state index in [1.54, 1.807) is 19.1 Å². The molecular formula is C20H15FN2O5. The van der Waals surface area contributed by atoms with Gasteiger partial charge in [-0.15, -0.1) is 0 Å². The van der Waals surface area contributed by atoms with E-state index in [0.717, 1.165) is 0 Å². The van der Waals surface area contributed by atoms with Crippen molar-refractivity contribution < 1.29 is 23.4 Å². The fourth-order valence-corrected chi connectivity index (χ4v) is 2.43. The summed E-state index contributed by atoms with van der Waals surface area (Å²) in [6.07, 6.45) is 2.71. The Kier molecular flexibility index (Phi) is 5.59. The average molecular weight is 382 g/mol. The lowest BCUT2D eigenvalue weighted by Crippen LogP contribution is -2.02. The Bertz CT molecular complexity index is 1020. The first-order valence-corrected chi connectivity index (χ1v) is 8.24. The maximum absolute atomic E-state index is 13.0. The number of halogens is 1. The lowest BCUT2D eigenvalue weighted by atomic mass is 10.1. The van der Waals surface area contributed by atoms with Crippen LogP contribution in [0.4, 0.5) is 10.1 Å². The van der Waals surface area contributed by atoms with Gasteiger partial charge in [0.05, 0.1) is 4.92 Å². The van der Waals surface area contributed by atoms with Crippen LogP contribution in [0.2, 0.25) is 0 Å². The molecule has 2 aromatic carbocycles. The third-order valence-corrected chi connectivity index (χ3v) is 3.99. The van der Waals surface area contributed by atoms with E-state index in [-0.39, 0.29) is 18.1 Å². The normalized spacial score (nSPS) is 10.9. The smallest absolute Gasteiger partial charge is 0.331 e. The summed E-state index contributed by atoms with van der Waals surface area (Å²) in [5, 5.41) is 14.5. The molecule has 0 aliphatic heterocycles. The van der Waals surface area contributed by atoms with Crippen LogP contribution in [-0.4, -0.2) is 16.0 Å². The van der Waals surface area contributed by atoms with Gasteiger partial charge in [-0.25, -0.2) is 9.18 Å². The highest BCUT2D eigenvalue weighted by atomic mass is 19.1. The summed E-state index contributed by atoms with van der Waals surface area (Å²) >= 11 is 0. The fourth-order valence-electron chi connectivity index (χ4n) is 2.43. The minimum Gasteiger partial charge on any atom is -0.456 e. The van der Waals surface area contributed by atoms with Crippen molar-refractivity contribution in [2.24, 2.45) is 0 Å². The highest BCUT2D eigenvalue weighted by Crippen LogP contribution is 2.26. The largest absolute Gasteiger partial charge is 0.456 e. The molecule has 0 atom stereocenters. The van der Waals surface area contributed by atoms with Crippen LogP contribution < -0.4 is 0 Å². The zero-order chi connectivity index (χ0) is 20.1. The SMILES string of the molecule is Cc1c(COC(=O)/C=C/c2ccc([N+](=O)[O-])cc2)noc1-c1ccc(F)cc1. The van der Waals surface area contributed by atoms with E-state index >= 15 is 0 Å². The number of nitrogens with zero attached hydrogens (tertiary/aromatic N) is 2. The van der Waals surface area contributed by atoms with Crippen molar-refractivity contribution in [3.05, 3.63) is 87.4 Å². The maximum atomic E-state index is 13.0. The lowest BCUT2D eigenvalue weighted by Gasteiger charge is -2.00. The number of nitro groups is 1. The maximum Gasteiger partial charge on any atom is 0.331 e. The van der Waals surface area contributed by atoms with Crippen molar-refractivity contribution in [1.29, 1.82) is 0 Å². The summed E-state index contributed by atoms with van der Waals surface area (Å²) in [5.41, 5.74) is 2.41. The van der Waals surface area contributed by atoms with Crippen LogP contribution in [0.5, 0.6) is 0 Å². The minimum atomic E-state index is -0.593. The van der Waals surface area contributed by atoms with Gasteiger partial charge in [0.2, 0.25) is 0 Å². The monoisotopic (exact) mass is 382 g/mol. The number of non-ortho nitro benzene ring substituents is 1. The molecule has 1 heterocycles. The van der Waals surface area contributed by atoms with Crippen LogP contribution >= 0.6 is 0 Å². The number of ether oxygens (including phenoxy) is 1. The molecule has 0 saturated carbocycles. The molecule has 0 N–H and O–H groups in total. The molecule has 0 radical (unpaired) electrons. The molecular weight excluding hydrogens is 367 g/mol. The van der Waals surface area contributed by atoms with Gasteiger partial charge in [-0.2, -0.15) is 0 Å². The van der Waals surface area contributed by atoms with Crippen molar-refractivity contribution in [2.75, 3.05) is 0 Å². The minimum absolute atomic E-state index is 0.0295. The van der Waals surface area contributed by atoms with E-state index in [0.29, 0.717) is 28.1 Å². The predicted molar refractivity (Wildman–Crippen MR) is 98.6 cm³/mol. The van der Waals surface area contributed by atoms with Gasteiger partial charge in [0.1, 0.15) is 18.1 Å². The zero-order valence-corrected chi connectivity index (χ0v) is 14.8. The summed E-state index contributed by atoms with van der Waals surface area (Å²) in [7, 11) is 0. The molecule has 0 unspecified atom stereocenters. The van der Waals surface area contributed by atoms with Crippen LogP contribution in [0.3, 0.4) is 0 Å². The van der Waals surface area contributed by atoms with Gasteiger partial charge in [0.25, 0.3) is 5.69 Å². The molecule has 3 aromatic rings. The van der Waals surface area contributed by atoms with Gasteiger partial charge >= 0.3 is 5.97 Å². The number of esters is 1. The van der Waals surface area contributed by atoms with Crippen LogP contribution in [0.1, 0.15) is 16.8 Å². The molecule has 3 rings (SSSR count). The molecule has 28 heavy (non-hydrogen) atoms. The molecule has 0 fully saturated rings. The predicted octanol–water partition coefficient (Wildman–Crippen LogP) is 4.45. The molecule has 142 valence electrons. The first kappa shape index (κ1) is 19.0. The molecule has 0 spiro atoms. The van der Waals surface area contributed by atoms with E-state index in [2.05, 4.69) is 5.16 Å². The quantitative estimate of drug-likeness (QED) is 0.270. The number of carbonyl (C=O) groups excluding carboxylic acids is 1. The Hall–Kier alpha value is -3.81. The van der Waals surface area contributed by atoms with E-state index in [1.165, 1.54) is 48.6 Å². The summed E-state index contributed by atoms with van der Waals surface area (Å²) in [5.74, 6) is -0.466. The molecule has 7 nitrogen and oxygen atoms in total. The lowest BCUT2D eigenvalue weighted by molar-refractivity contribution is -0.384. The second kappa shape index (κ2) is 8.26. The van der Waals surface area contributed by atoms with Crippen LogP contribution in [-0.2, 0) is 16.1 Å². The van der Waals surface area contributed by atoms with E-state index < -0.39 is 10.9 Å². The number of hydrogen-bond donors (Lipinski definition) is 0. The van der Waals surface area contributed by atoms with Crippen molar-refractivity contribution in [1.82, 2.24) is 5.16 Å². The fraction of sp³-hybridized carbons (Fsp3) is 0.100. The second-order valence-electron chi connectivity index (χ2n) is 5.88. The van der Waals surface area contributed by atoms with Crippen molar-refractivity contribution in [3.63, 3.8) is 0 Å². The number of aromatic nitrogens is 1. The highest BCUT2D eigenvalue weighted by Gasteiger charge is 2.15. The number of nitro benzene ring substituents is 1. The number of benzene rings is 2. The summed E-state index contributed by atoms with van der Waals surface area (Å²) in [4.78, 5) is 22.0. The Morgan fingerprint density at radius 3 is 2.54 bits per heavy atom. The second-order valence-corrected chi connectivity index (χ2v) is 5.88. The zero-order valence-electron chi connectivity index (χ0n) is 14.8. The summed E-state index contributed by atoms with van der Waals surface area (Å²) in [6, 6.07) is 11.5. The summed E-state index contributed by atoms with van der Waals surface area (Å²) in [6.45, 7) is 1.69. The Morgan fingerprint density at radius 2 is 1.89 bits per heavy atom. The van der Waals surface area contributed by atoms with Crippen LogP contribution in [0, 0.1) is 22.9 Å². The topological polar surface area (TPSA) is 95.5 Å². The van der Waals surface area contributed by atoms with Crippen molar-refractivity contribution in [3.8, 4) is 11.3 Å². The Morgan fingerprint density at radius 1 is 1.21 bits per heavy atom. The van der Waals surface area contributed by atoms with Gasteiger partial charge < -0.3 is 9.26 Å². The highest BCUT2D eigenvalue weighted by molar-refractivity contribution is 5.87. The average Bonchev–Trinajstić information content (AvgIpc) is 3.06. The van der Waals surface area contributed by atoms with Gasteiger partial charge in [-0.1, -0.05) is 5.16 Å². The van der Waals surface area contributed by atoms with Crippen molar-refractivity contribution in [2.45, 2.75) is 13.5 Å². The molecule has 0 aliphatic rings. The van der Waals surface area contributed by atoms with Gasteiger partial charge in [0.15, 0.2) is 5.76 Å².